The summed E-state index contributed by atoms with van der Waals surface area (Å²) in [4.78, 5) is 2.43. The lowest BCUT2D eigenvalue weighted by molar-refractivity contribution is 0.0592. The van der Waals surface area contributed by atoms with E-state index in [9.17, 15) is 9.50 Å². The molecule has 0 saturated carbocycles. The number of piperidine rings is 1. The number of fused-ring (bicyclic) bond motifs is 2. The molecule has 0 radical (unpaired) electrons. The molecule has 18 heavy (non-hydrogen) atoms. The molecule has 2 nitrogen and oxygen atoms in total. The molecule has 0 spiro atoms. The minimum absolute atomic E-state index is 0.185. The lowest BCUT2D eigenvalue weighted by Gasteiger charge is -2.42. The summed E-state index contributed by atoms with van der Waals surface area (Å²) in [5, 5.41) is 9.71. The van der Waals surface area contributed by atoms with Crippen LogP contribution in [0.2, 0.25) is 0 Å². The van der Waals surface area contributed by atoms with E-state index >= 15 is 0 Å². The van der Waals surface area contributed by atoms with Gasteiger partial charge in [0.15, 0.2) is 0 Å². The molecule has 1 unspecified atom stereocenters. The molecule has 0 aromatic heterocycles. The quantitative estimate of drug-likeness (QED) is 0.870. The van der Waals surface area contributed by atoms with Gasteiger partial charge in [-0.05, 0) is 49.9 Å². The maximum Gasteiger partial charge on any atom is 0.123 e. The highest BCUT2D eigenvalue weighted by molar-refractivity contribution is 5.24. The van der Waals surface area contributed by atoms with E-state index in [1.165, 1.54) is 30.5 Å². The first kappa shape index (κ1) is 12.1. The van der Waals surface area contributed by atoms with E-state index in [4.69, 9.17) is 0 Å². The zero-order valence-corrected chi connectivity index (χ0v) is 10.7. The van der Waals surface area contributed by atoms with E-state index in [1.54, 1.807) is 0 Å². The Kier molecular flexibility index (Phi) is 3.12. The standard InChI is InChI=1S/C15H20FNO/c1-17-12-6-7-15(17)14(9-18)13(8-12)10-2-4-11(16)5-3-10/h2-5,12-15,18H,6-9H2,1H3/t12?,13-,14-,15+/m1/s1. The van der Waals surface area contributed by atoms with Crippen LogP contribution in [0.4, 0.5) is 4.39 Å². The van der Waals surface area contributed by atoms with Crippen LogP contribution in [0.1, 0.15) is 30.7 Å². The molecule has 2 aliphatic rings. The van der Waals surface area contributed by atoms with Gasteiger partial charge in [-0.1, -0.05) is 12.1 Å². The second-order valence-corrected chi connectivity index (χ2v) is 5.70. The number of aliphatic hydroxyl groups excluding tert-OH is 1. The number of rotatable bonds is 2. The van der Waals surface area contributed by atoms with Crippen LogP contribution in [0.25, 0.3) is 0 Å². The third kappa shape index (κ3) is 1.86. The van der Waals surface area contributed by atoms with Crippen LogP contribution in [-0.4, -0.2) is 35.7 Å². The molecule has 1 N–H and O–H groups in total. The maximum absolute atomic E-state index is 13.0. The van der Waals surface area contributed by atoms with Crippen LogP contribution in [0.15, 0.2) is 24.3 Å². The average molecular weight is 249 g/mol. The fourth-order valence-corrected chi connectivity index (χ4v) is 3.92. The van der Waals surface area contributed by atoms with Crippen LogP contribution >= 0.6 is 0 Å². The Morgan fingerprint density at radius 1 is 1.28 bits per heavy atom. The molecule has 3 heteroatoms. The Bertz CT molecular complexity index is 419. The molecule has 1 aromatic carbocycles. The monoisotopic (exact) mass is 249 g/mol. The van der Waals surface area contributed by atoms with Gasteiger partial charge in [0.2, 0.25) is 0 Å². The number of hydrogen-bond donors (Lipinski definition) is 1. The Morgan fingerprint density at radius 3 is 2.67 bits per heavy atom. The third-order valence-corrected chi connectivity index (χ3v) is 4.94. The van der Waals surface area contributed by atoms with Crippen molar-refractivity contribution in [1.29, 1.82) is 0 Å². The van der Waals surface area contributed by atoms with Gasteiger partial charge in [-0.3, -0.25) is 0 Å². The number of nitrogens with zero attached hydrogens (tertiary/aromatic N) is 1. The molecule has 2 fully saturated rings. The van der Waals surface area contributed by atoms with Crippen molar-refractivity contribution in [2.45, 2.75) is 37.3 Å². The fraction of sp³-hybridized carbons (Fsp3) is 0.600. The van der Waals surface area contributed by atoms with E-state index in [1.807, 2.05) is 12.1 Å². The van der Waals surface area contributed by atoms with Crippen LogP contribution in [0.3, 0.4) is 0 Å². The summed E-state index contributed by atoms with van der Waals surface area (Å²) in [5.41, 5.74) is 1.18. The van der Waals surface area contributed by atoms with E-state index in [0.717, 1.165) is 6.42 Å². The van der Waals surface area contributed by atoms with Gasteiger partial charge in [0, 0.05) is 24.6 Å². The summed E-state index contributed by atoms with van der Waals surface area (Å²) in [6.45, 7) is 0.226. The summed E-state index contributed by atoms with van der Waals surface area (Å²) in [6.07, 6.45) is 3.50. The number of halogens is 1. The van der Waals surface area contributed by atoms with E-state index in [2.05, 4.69) is 11.9 Å². The van der Waals surface area contributed by atoms with Crippen molar-refractivity contribution in [3.63, 3.8) is 0 Å². The minimum atomic E-state index is -0.185. The van der Waals surface area contributed by atoms with Gasteiger partial charge in [0.25, 0.3) is 0 Å². The molecule has 1 aromatic rings. The molecule has 2 heterocycles. The van der Waals surface area contributed by atoms with Gasteiger partial charge in [0.05, 0.1) is 0 Å². The Balaban J connectivity index is 1.89. The second-order valence-electron chi connectivity index (χ2n) is 5.70. The van der Waals surface area contributed by atoms with Crippen molar-refractivity contribution in [2.75, 3.05) is 13.7 Å². The number of hydrogen-bond acceptors (Lipinski definition) is 2. The lowest BCUT2D eigenvalue weighted by Crippen LogP contribution is -2.47. The van der Waals surface area contributed by atoms with Crippen molar-refractivity contribution < 1.29 is 9.50 Å². The Labute approximate surface area is 107 Å². The number of aliphatic hydroxyl groups is 1. The van der Waals surface area contributed by atoms with Crippen molar-refractivity contribution in [1.82, 2.24) is 4.90 Å². The van der Waals surface area contributed by atoms with Gasteiger partial charge >= 0.3 is 0 Å². The highest BCUT2D eigenvalue weighted by Gasteiger charge is 2.45. The van der Waals surface area contributed by atoms with E-state index in [0.29, 0.717) is 23.9 Å². The van der Waals surface area contributed by atoms with Crippen molar-refractivity contribution >= 4 is 0 Å². The maximum atomic E-state index is 13.0. The zero-order valence-electron chi connectivity index (χ0n) is 10.7. The molecule has 2 saturated heterocycles. The lowest BCUT2D eigenvalue weighted by atomic mass is 9.76. The van der Waals surface area contributed by atoms with Gasteiger partial charge in [-0.2, -0.15) is 0 Å². The molecular formula is C15H20FNO. The van der Waals surface area contributed by atoms with Crippen LogP contribution in [0, 0.1) is 11.7 Å². The van der Waals surface area contributed by atoms with E-state index < -0.39 is 0 Å². The van der Waals surface area contributed by atoms with Gasteiger partial charge < -0.3 is 10.0 Å². The predicted octanol–water partition coefficient (Wildman–Crippen LogP) is 2.38. The summed E-state index contributed by atoms with van der Waals surface area (Å²) in [7, 11) is 2.17. The summed E-state index contributed by atoms with van der Waals surface area (Å²) in [6, 6.07) is 7.95. The zero-order chi connectivity index (χ0) is 12.7. The summed E-state index contributed by atoms with van der Waals surface area (Å²) < 4.78 is 13.0. The van der Waals surface area contributed by atoms with Crippen LogP contribution < -0.4 is 0 Å². The molecule has 98 valence electrons. The summed E-state index contributed by atoms with van der Waals surface area (Å²) >= 11 is 0. The Hall–Kier alpha value is -0.930. The van der Waals surface area contributed by atoms with Crippen molar-refractivity contribution in [3.05, 3.63) is 35.6 Å². The molecular weight excluding hydrogens is 229 g/mol. The minimum Gasteiger partial charge on any atom is -0.396 e. The second kappa shape index (κ2) is 4.63. The van der Waals surface area contributed by atoms with Gasteiger partial charge in [-0.25, -0.2) is 4.39 Å². The number of benzene rings is 1. The fourth-order valence-electron chi connectivity index (χ4n) is 3.92. The highest BCUT2D eigenvalue weighted by Crippen LogP contribution is 2.45. The molecule has 0 aliphatic carbocycles. The smallest absolute Gasteiger partial charge is 0.123 e. The summed E-state index contributed by atoms with van der Waals surface area (Å²) in [5.74, 6) is 0.485. The Morgan fingerprint density at radius 2 is 2.00 bits per heavy atom. The SMILES string of the molecule is CN1C2CC[C@H]1[C@H](CO)[C@@H](c1ccc(F)cc1)C2. The van der Waals surface area contributed by atoms with Gasteiger partial charge in [0.1, 0.15) is 5.82 Å². The molecule has 2 bridgehead atoms. The topological polar surface area (TPSA) is 23.5 Å². The molecule has 3 rings (SSSR count). The van der Waals surface area contributed by atoms with Crippen LogP contribution in [-0.2, 0) is 0 Å². The predicted molar refractivity (Wildman–Crippen MR) is 68.9 cm³/mol. The molecule has 0 amide bonds. The van der Waals surface area contributed by atoms with E-state index in [-0.39, 0.29) is 12.4 Å². The van der Waals surface area contributed by atoms with Crippen molar-refractivity contribution in [3.8, 4) is 0 Å². The van der Waals surface area contributed by atoms with Gasteiger partial charge in [-0.15, -0.1) is 0 Å². The van der Waals surface area contributed by atoms with Crippen molar-refractivity contribution in [2.24, 2.45) is 5.92 Å². The first-order valence-electron chi connectivity index (χ1n) is 6.79. The molecule has 2 aliphatic heterocycles. The first-order chi connectivity index (χ1) is 8.70. The first-order valence-corrected chi connectivity index (χ1v) is 6.79. The largest absolute Gasteiger partial charge is 0.396 e. The molecule has 4 atom stereocenters. The highest BCUT2D eigenvalue weighted by atomic mass is 19.1. The normalized spacial score (nSPS) is 35.9. The average Bonchev–Trinajstić information content (AvgIpc) is 2.63. The van der Waals surface area contributed by atoms with Crippen LogP contribution in [0.5, 0.6) is 0 Å². The third-order valence-electron chi connectivity index (χ3n) is 4.94.